The molecule has 1 aliphatic heterocycles. The molecule has 0 aromatic heterocycles. The van der Waals surface area contributed by atoms with Crippen molar-refractivity contribution < 1.29 is 4.79 Å². The fourth-order valence-electron chi connectivity index (χ4n) is 4.19. The molecule has 1 aliphatic carbocycles. The van der Waals surface area contributed by atoms with Crippen molar-refractivity contribution in [2.24, 2.45) is 0 Å². The van der Waals surface area contributed by atoms with Crippen LogP contribution in [0.3, 0.4) is 0 Å². The lowest BCUT2D eigenvalue weighted by molar-refractivity contribution is -0.135. The number of hydrogen-bond donors (Lipinski definition) is 0. The average Bonchev–Trinajstić information content (AvgIpc) is 3.26. The normalized spacial score (nSPS) is 22.0. The smallest absolute Gasteiger partial charge is 0.237 e. The fraction of sp³-hybridized carbons (Fsp3) is 0.667. The Labute approximate surface area is 152 Å². The maximum absolute atomic E-state index is 13.1. The highest BCUT2D eigenvalue weighted by atomic mass is 16.2. The molecule has 1 amide bonds. The highest BCUT2D eigenvalue weighted by Crippen LogP contribution is 2.26. The van der Waals surface area contributed by atoms with Crippen LogP contribution in [-0.2, 0) is 11.3 Å². The van der Waals surface area contributed by atoms with Crippen LogP contribution in [0.15, 0.2) is 24.3 Å². The molecule has 2 fully saturated rings. The van der Waals surface area contributed by atoms with Crippen molar-refractivity contribution in [3.05, 3.63) is 35.4 Å². The first-order valence-electron chi connectivity index (χ1n) is 9.76. The SMILES string of the molecule is Cc1ccc(CN(C(=O)CN2CC[C@H](N(C)C)C2)C2CCCC2)cc1. The average molecular weight is 344 g/mol. The Kier molecular flexibility index (Phi) is 6.13. The van der Waals surface area contributed by atoms with Crippen molar-refractivity contribution in [1.29, 1.82) is 0 Å². The van der Waals surface area contributed by atoms with Gasteiger partial charge >= 0.3 is 0 Å². The first kappa shape index (κ1) is 18.4. The number of benzene rings is 1. The van der Waals surface area contributed by atoms with Gasteiger partial charge in [-0.05, 0) is 45.8 Å². The predicted molar refractivity (Wildman–Crippen MR) is 103 cm³/mol. The lowest BCUT2D eigenvalue weighted by Crippen LogP contribution is -2.44. The number of carbonyl (C=O) groups is 1. The summed E-state index contributed by atoms with van der Waals surface area (Å²) in [4.78, 5) is 19.9. The summed E-state index contributed by atoms with van der Waals surface area (Å²) in [5.41, 5.74) is 2.52. The predicted octanol–water partition coefficient (Wildman–Crippen LogP) is 2.90. The zero-order valence-corrected chi connectivity index (χ0v) is 16.1. The van der Waals surface area contributed by atoms with E-state index in [1.165, 1.54) is 30.4 Å². The Bertz CT molecular complexity index is 563. The Morgan fingerprint density at radius 1 is 1.08 bits per heavy atom. The van der Waals surface area contributed by atoms with Crippen molar-refractivity contribution in [3.8, 4) is 0 Å². The van der Waals surface area contributed by atoms with Gasteiger partial charge < -0.3 is 9.80 Å². The summed E-state index contributed by atoms with van der Waals surface area (Å²) in [5.74, 6) is 0.312. The second-order valence-electron chi connectivity index (χ2n) is 8.09. The van der Waals surface area contributed by atoms with E-state index in [1.807, 2.05) is 0 Å². The van der Waals surface area contributed by atoms with Crippen LogP contribution in [0.25, 0.3) is 0 Å². The van der Waals surface area contributed by atoms with E-state index < -0.39 is 0 Å². The van der Waals surface area contributed by atoms with Crippen LogP contribution in [0.4, 0.5) is 0 Å². The molecule has 1 saturated heterocycles. The molecule has 0 radical (unpaired) electrons. The number of amides is 1. The molecular formula is C21H33N3O. The number of likely N-dealkylation sites (tertiary alicyclic amines) is 1. The number of nitrogens with zero attached hydrogens (tertiary/aromatic N) is 3. The second kappa shape index (κ2) is 8.33. The minimum atomic E-state index is 0.312. The first-order valence-corrected chi connectivity index (χ1v) is 9.76. The molecule has 1 aromatic carbocycles. The van der Waals surface area contributed by atoms with Crippen LogP contribution in [0, 0.1) is 6.92 Å². The van der Waals surface area contributed by atoms with E-state index in [1.54, 1.807) is 0 Å². The third kappa shape index (κ3) is 4.83. The highest BCUT2D eigenvalue weighted by molar-refractivity contribution is 5.78. The van der Waals surface area contributed by atoms with Crippen molar-refractivity contribution in [2.75, 3.05) is 33.7 Å². The Morgan fingerprint density at radius 2 is 1.76 bits per heavy atom. The van der Waals surface area contributed by atoms with Gasteiger partial charge in [0.1, 0.15) is 0 Å². The largest absolute Gasteiger partial charge is 0.334 e. The van der Waals surface area contributed by atoms with Crippen LogP contribution in [0.1, 0.15) is 43.2 Å². The fourth-order valence-corrected chi connectivity index (χ4v) is 4.19. The van der Waals surface area contributed by atoms with Crippen molar-refractivity contribution in [1.82, 2.24) is 14.7 Å². The van der Waals surface area contributed by atoms with Crippen LogP contribution >= 0.6 is 0 Å². The lowest BCUT2D eigenvalue weighted by Gasteiger charge is -2.31. The number of hydrogen-bond acceptors (Lipinski definition) is 3. The maximum atomic E-state index is 13.1. The van der Waals surface area contributed by atoms with Crippen LogP contribution in [-0.4, -0.2) is 66.4 Å². The molecule has 138 valence electrons. The van der Waals surface area contributed by atoms with Crippen molar-refractivity contribution in [2.45, 2.75) is 57.7 Å². The van der Waals surface area contributed by atoms with Gasteiger partial charge in [-0.15, -0.1) is 0 Å². The Morgan fingerprint density at radius 3 is 2.36 bits per heavy atom. The zero-order valence-electron chi connectivity index (χ0n) is 16.1. The van der Waals surface area contributed by atoms with Gasteiger partial charge in [0, 0.05) is 31.7 Å². The van der Waals surface area contributed by atoms with Gasteiger partial charge in [0.05, 0.1) is 6.54 Å². The molecular weight excluding hydrogens is 310 g/mol. The van der Waals surface area contributed by atoms with Gasteiger partial charge in [-0.2, -0.15) is 0 Å². The molecule has 0 spiro atoms. The van der Waals surface area contributed by atoms with E-state index in [9.17, 15) is 4.79 Å². The van der Waals surface area contributed by atoms with E-state index in [0.717, 1.165) is 32.5 Å². The maximum Gasteiger partial charge on any atom is 0.237 e. The molecule has 1 aromatic rings. The quantitative estimate of drug-likeness (QED) is 0.795. The van der Waals surface area contributed by atoms with E-state index in [2.05, 4.69) is 60.0 Å². The second-order valence-corrected chi connectivity index (χ2v) is 8.09. The summed E-state index contributed by atoms with van der Waals surface area (Å²) < 4.78 is 0. The van der Waals surface area contributed by atoms with Gasteiger partial charge in [-0.3, -0.25) is 9.69 Å². The number of rotatable bonds is 6. The molecule has 1 saturated carbocycles. The number of aryl methyl sites for hydroxylation is 1. The summed E-state index contributed by atoms with van der Waals surface area (Å²) in [6.45, 7) is 5.50. The van der Waals surface area contributed by atoms with Crippen LogP contribution in [0.2, 0.25) is 0 Å². The van der Waals surface area contributed by atoms with Crippen molar-refractivity contribution in [3.63, 3.8) is 0 Å². The summed E-state index contributed by atoms with van der Waals surface area (Å²) >= 11 is 0. The molecule has 2 aliphatic rings. The third-order valence-corrected chi connectivity index (χ3v) is 5.90. The van der Waals surface area contributed by atoms with Crippen molar-refractivity contribution >= 4 is 5.91 Å². The van der Waals surface area contributed by atoms with Gasteiger partial charge in [0.15, 0.2) is 0 Å². The monoisotopic (exact) mass is 343 g/mol. The summed E-state index contributed by atoms with van der Waals surface area (Å²) in [7, 11) is 4.27. The lowest BCUT2D eigenvalue weighted by atomic mass is 10.1. The zero-order chi connectivity index (χ0) is 17.8. The first-order chi connectivity index (χ1) is 12.0. The standard InChI is InChI=1S/C21H33N3O/c1-17-8-10-18(11-9-17)14-24(19-6-4-5-7-19)21(25)16-23-13-12-20(15-23)22(2)3/h8-11,19-20H,4-7,12-16H2,1-3H3/t20-/m0/s1. The summed E-state index contributed by atoms with van der Waals surface area (Å²) in [6.07, 6.45) is 6.01. The van der Waals surface area contributed by atoms with Gasteiger partial charge in [-0.1, -0.05) is 42.7 Å². The molecule has 0 unspecified atom stereocenters. The Hall–Kier alpha value is -1.39. The highest BCUT2D eigenvalue weighted by Gasteiger charge is 2.30. The number of carbonyl (C=O) groups excluding carboxylic acids is 1. The molecule has 0 bridgehead atoms. The topological polar surface area (TPSA) is 26.8 Å². The van der Waals surface area contributed by atoms with Crippen LogP contribution < -0.4 is 0 Å². The molecule has 25 heavy (non-hydrogen) atoms. The Balaban J connectivity index is 1.64. The molecule has 0 N–H and O–H groups in total. The summed E-state index contributed by atoms with van der Waals surface area (Å²) in [6, 6.07) is 9.65. The minimum Gasteiger partial charge on any atom is -0.334 e. The third-order valence-electron chi connectivity index (χ3n) is 5.90. The van der Waals surface area contributed by atoms with E-state index in [-0.39, 0.29) is 0 Å². The number of likely N-dealkylation sites (N-methyl/N-ethyl adjacent to an activating group) is 1. The van der Waals surface area contributed by atoms with Crippen LogP contribution in [0.5, 0.6) is 0 Å². The molecule has 4 nitrogen and oxygen atoms in total. The molecule has 4 heteroatoms. The molecule has 3 rings (SSSR count). The minimum absolute atomic E-state index is 0.312. The summed E-state index contributed by atoms with van der Waals surface area (Å²) in [5, 5.41) is 0. The van der Waals surface area contributed by atoms with E-state index in [4.69, 9.17) is 0 Å². The van der Waals surface area contributed by atoms with E-state index in [0.29, 0.717) is 24.5 Å². The van der Waals surface area contributed by atoms with Gasteiger partial charge in [-0.25, -0.2) is 0 Å². The molecule has 1 atom stereocenters. The van der Waals surface area contributed by atoms with E-state index >= 15 is 0 Å². The van der Waals surface area contributed by atoms with Gasteiger partial charge in [0.25, 0.3) is 0 Å². The van der Waals surface area contributed by atoms with Gasteiger partial charge in [0.2, 0.25) is 5.91 Å². The molecule has 1 heterocycles.